The maximum Gasteiger partial charge on any atom is 0.332 e. The number of rotatable bonds is 4. The fourth-order valence-corrected chi connectivity index (χ4v) is 3.74. The highest BCUT2D eigenvalue weighted by Crippen LogP contribution is 2.21. The van der Waals surface area contributed by atoms with E-state index in [1.165, 1.54) is 17.2 Å². The van der Waals surface area contributed by atoms with E-state index in [0.717, 1.165) is 35.3 Å². The minimum absolute atomic E-state index is 0.315. The Kier molecular flexibility index (Phi) is 4.02. The Morgan fingerprint density at radius 3 is 2.37 bits per heavy atom. The first-order valence-corrected chi connectivity index (χ1v) is 9.09. The van der Waals surface area contributed by atoms with Crippen LogP contribution in [0, 0.1) is 13.8 Å². The van der Waals surface area contributed by atoms with Gasteiger partial charge in [0.15, 0.2) is 11.2 Å². The lowest BCUT2D eigenvalue weighted by atomic mass is 10.1. The first kappa shape index (κ1) is 17.3. The summed E-state index contributed by atoms with van der Waals surface area (Å²) in [6, 6.07) is 10.4. The van der Waals surface area contributed by atoms with E-state index in [1.807, 2.05) is 24.3 Å². The topological polar surface area (TPSA) is 66.2 Å². The van der Waals surface area contributed by atoms with Gasteiger partial charge in [0.25, 0.3) is 5.56 Å². The van der Waals surface area contributed by atoms with Gasteiger partial charge in [-0.15, -0.1) is 0 Å². The van der Waals surface area contributed by atoms with Gasteiger partial charge in [-0.2, -0.15) is 4.98 Å². The molecule has 27 heavy (non-hydrogen) atoms. The number of imidazole rings is 2. The minimum Gasteiger partial charge on any atom is -0.314 e. The third-order valence-electron chi connectivity index (χ3n) is 5.44. The summed E-state index contributed by atoms with van der Waals surface area (Å²) in [7, 11) is 3.15. The lowest BCUT2D eigenvalue weighted by Crippen LogP contribution is -2.37. The monoisotopic (exact) mass is 365 g/mol. The van der Waals surface area contributed by atoms with Crippen molar-refractivity contribution in [3.05, 3.63) is 68.1 Å². The molecule has 140 valence electrons. The Morgan fingerprint density at radius 2 is 1.67 bits per heavy atom. The Balaban J connectivity index is 1.83. The molecule has 4 aromatic rings. The normalized spacial score (nSPS) is 11.7. The molecule has 3 heterocycles. The van der Waals surface area contributed by atoms with Crippen molar-refractivity contribution in [2.24, 2.45) is 14.1 Å². The maximum atomic E-state index is 12.7. The maximum absolute atomic E-state index is 12.7. The average molecular weight is 365 g/mol. The van der Waals surface area contributed by atoms with E-state index in [-0.39, 0.29) is 11.2 Å². The third-order valence-corrected chi connectivity index (χ3v) is 5.44. The van der Waals surface area contributed by atoms with Gasteiger partial charge < -0.3 is 4.57 Å². The zero-order chi connectivity index (χ0) is 19.3. The molecular weight excluding hydrogens is 342 g/mol. The van der Waals surface area contributed by atoms with E-state index in [0.29, 0.717) is 16.9 Å². The standard InChI is InChI=1S/C20H23N5O2/c1-13-14(2)25-16-17(22(3)20(27)23(4)18(16)26)21-19(25)24(13)12-8-11-15-9-6-5-7-10-15/h5-7,9-10H,8,11-12H2,1-4H3. The molecule has 0 saturated heterocycles. The highest BCUT2D eigenvalue weighted by molar-refractivity contribution is 5.76. The molecule has 0 aliphatic carbocycles. The number of hydrogen-bond donors (Lipinski definition) is 0. The summed E-state index contributed by atoms with van der Waals surface area (Å²) in [6.07, 6.45) is 1.94. The lowest BCUT2D eigenvalue weighted by molar-refractivity contribution is 0.641. The fourth-order valence-electron chi connectivity index (χ4n) is 3.74. The van der Waals surface area contributed by atoms with Crippen molar-refractivity contribution < 1.29 is 0 Å². The number of benzene rings is 1. The van der Waals surface area contributed by atoms with Gasteiger partial charge in [-0.05, 0) is 32.3 Å². The zero-order valence-electron chi connectivity index (χ0n) is 16.1. The van der Waals surface area contributed by atoms with E-state index in [4.69, 9.17) is 0 Å². The zero-order valence-corrected chi connectivity index (χ0v) is 16.1. The SMILES string of the molecule is Cc1c(C)n2c3c(=O)n(C)c(=O)n(C)c3nc2n1CCCc1ccccc1. The first-order chi connectivity index (χ1) is 12.9. The van der Waals surface area contributed by atoms with Crippen LogP contribution >= 0.6 is 0 Å². The van der Waals surface area contributed by atoms with Crippen molar-refractivity contribution in [1.29, 1.82) is 0 Å². The van der Waals surface area contributed by atoms with E-state index < -0.39 is 0 Å². The summed E-state index contributed by atoms with van der Waals surface area (Å²) in [6.45, 7) is 4.84. The molecular formula is C20H23N5O2. The van der Waals surface area contributed by atoms with Crippen LogP contribution in [0.4, 0.5) is 0 Å². The van der Waals surface area contributed by atoms with Crippen molar-refractivity contribution in [2.45, 2.75) is 33.2 Å². The number of fused-ring (bicyclic) bond motifs is 3. The molecule has 0 saturated carbocycles. The molecule has 0 aliphatic heterocycles. The van der Waals surface area contributed by atoms with Crippen LogP contribution in [-0.4, -0.2) is 23.1 Å². The molecule has 1 aromatic carbocycles. The molecule has 0 spiro atoms. The van der Waals surface area contributed by atoms with Crippen LogP contribution in [0.2, 0.25) is 0 Å². The summed E-state index contributed by atoms with van der Waals surface area (Å²) in [5.74, 6) is 0.714. The van der Waals surface area contributed by atoms with Crippen LogP contribution < -0.4 is 11.2 Å². The molecule has 7 heteroatoms. The summed E-state index contributed by atoms with van der Waals surface area (Å²) in [4.78, 5) is 29.6. The molecule has 0 fully saturated rings. The van der Waals surface area contributed by atoms with Gasteiger partial charge in [0.05, 0.1) is 0 Å². The predicted octanol–water partition coefficient (Wildman–Crippen LogP) is 1.94. The molecule has 0 unspecified atom stereocenters. The van der Waals surface area contributed by atoms with Crippen molar-refractivity contribution in [3.8, 4) is 0 Å². The number of aryl methyl sites for hydroxylation is 4. The van der Waals surface area contributed by atoms with Crippen LogP contribution in [0.25, 0.3) is 16.9 Å². The molecule has 3 aromatic heterocycles. The van der Waals surface area contributed by atoms with Gasteiger partial charge in [-0.1, -0.05) is 30.3 Å². The average Bonchev–Trinajstić information content (AvgIpc) is 3.17. The Bertz CT molecular complexity index is 1270. The van der Waals surface area contributed by atoms with Crippen molar-refractivity contribution in [1.82, 2.24) is 23.1 Å². The molecule has 4 rings (SSSR count). The third kappa shape index (κ3) is 2.53. The summed E-state index contributed by atoms with van der Waals surface area (Å²) in [5.41, 5.74) is 3.57. The molecule has 0 radical (unpaired) electrons. The molecule has 0 N–H and O–H groups in total. The van der Waals surface area contributed by atoms with Gasteiger partial charge in [0.2, 0.25) is 5.78 Å². The highest BCUT2D eigenvalue weighted by atomic mass is 16.2. The van der Waals surface area contributed by atoms with Gasteiger partial charge in [0.1, 0.15) is 0 Å². The Morgan fingerprint density at radius 1 is 0.963 bits per heavy atom. The van der Waals surface area contributed by atoms with Crippen LogP contribution in [0.3, 0.4) is 0 Å². The van der Waals surface area contributed by atoms with Crippen LogP contribution in [0.1, 0.15) is 23.4 Å². The fraction of sp³-hybridized carbons (Fsp3) is 0.350. The van der Waals surface area contributed by atoms with Gasteiger partial charge >= 0.3 is 5.69 Å². The van der Waals surface area contributed by atoms with E-state index in [9.17, 15) is 9.59 Å². The molecule has 0 amide bonds. The van der Waals surface area contributed by atoms with Crippen molar-refractivity contribution in [2.75, 3.05) is 0 Å². The quantitative estimate of drug-likeness (QED) is 0.555. The van der Waals surface area contributed by atoms with Crippen molar-refractivity contribution in [3.63, 3.8) is 0 Å². The highest BCUT2D eigenvalue weighted by Gasteiger charge is 2.21. The Labute approximate surface area is 156 Å². The summed E-state index contributed by atoms with van der Waals surface area (Å²) < 4.78 is 6.60. The van der Waals surface area contributed by atoms with Crippen LogP contribution in [0.15, 0.2) is 39.9 Å². The first-order valence-electron chi connectivity index (χ1n) is 9.09. The van der Waals surface area contributed by atoms with E-state index in [2.05, 4.69) is 33.8 Å². The van der Waals surface area contributed by atoms with Crippen LogP contribution in [-0.2, 0) is 27.1 Å². The van der Waals surface area contributed by atoms with Crippen molar-refractivity contribution >= 4 is 16.9 Å². The molecule has 7 nitrogen and oxygen atoms in total. The molecule has 0 aliphatic rings. The molecule has 0 atom stereocenters. The lowest BCUT2D eigenvalue weighted by Gasteiger charge is -2.07. The second kappa shape index (κ2) is 6.26. The second-order valence-electron chi connectivity index (χ2n) is 7.04. The smallest absolute Gasteiger partial charge is 0.314 e. The summed E-state index contributed by atoms with van der Waals surface area (Å²) in [5, 5.41) is 0. The number of hydrogen-bond acceptors (Lipinski definition) is 3. The van der Waals surface area contributed by atoms with Gasteiger partial charge in [-0.3, -0.25) is 18.3 Å². The van der Waals surface area contributed by atoms with Gasteiger partial charge in [0, 0.05) is 32.0 Å². The van der Waals surface area contributed by atoms with E-state index >= 15 is 0 Å². The molecule has 0 bridgehead atoms. The summed E-state index contributed by atoms with van der Waals surface area (Å²) >= 11 is 0. The van der Waals surface area contributed by atoms with Crippen LogP contribution in [0.5, 0.6) is 0 Å². The van der Waals surface area contributed by atoms with Gasteiger partial charge in [-0.25, -0.2) is 4.79 Å². The minimum atomic E-state index is -0.363. The Hall–Kier alpha value is -3.09. The largest absolute Gasteiger partial charge is 0.332 e. The van der Waals surface area contributed by atoms with E-state index in [1.54, 1.807) is 7.05 Å². The predicted molar refractivity (Wildman–Crippen MR) is 105 cm³/mol. The second-order valence-corrected chi connectivity index (χ2v) is 7.04. The number of aromatic nitrogens is 5. The number of nitrogens with zero attached hydrogens (tertiary/aromatic N) is 5.